The molecule has 0 atom stereocenters. The van der Waals surface area contributed by atoms with E-state index in [1.165, 1.54) is 4.90 Å². The van der Waals surface area contributed by atoms with Gasteiger partial charge in [0.2, 0.25) is 17.7 Å². The molecule has 1 aromatic carbocycles. The van der Waals surface area contributed by atoms with E-state index in [0.29, 0.717) is 0 Å². The minimum Gasteiger partial charge on any atom is -0.348 e. The number of rotatable bonds is 7. The van der Waals surface area contributed by atoms with Crippen LogP contribution in [0.5, 0.6) is 0 Å². The molecule has 0 fully saturated rings. The van der Waals surface area contributed by atoms with Crippen LogP contribution in [0.3, 0.4) is 0 Å². The summed E-state index contributed by atoms with van der Waals surface area (Å²) in [5, 5.41) is 5.33. The largest absolute Gasteiger partial charge is 0.348 e. The average molecular weight is 334 g/mol. The second kappa shape index (κ2) is 9.02. The third kappa shape index (κ3) is 6.37. The standard InChI is InChI=1S/C17H26N4O3/c1-12-7-6-8-14(13(12)2)19-15(22)9-18-16(23)10-21(5)11-17(24)20(3)4/h6-8H,9-11H2,1-5H3,(H,18,23)(H,19,22). The first-order valence-electron chi connectivity index (χ1n) is 7.72. The Morgan fingerprint density at radius 2 is 1.67 bits per heavy atom. The number of aryl methyl sites for hydroxylation is 1. The fourth-order valence-electron chi connectivity index (χ4n) is 1.99. The van der Waals surface area contributed by atoms with Gasteiger partial charge in [-0.1, -0.05) is 12.1 Å². The van der Waals surface area contributed by atoms with Crippen molar-refractivity contribution in [2.24, 2.45) is 0 Å². The molecule has 0 aliphatic heterocycles. The smallest absolute Gasteiger partial charge is 0.243 e. The highest BCUT2D eigenvalue weighted by molar-refractivity contribution is 5.95. The van der Waals surface area contributed by atoms with Crippen LogP contribution in [0.4, 0.5) is 5.69 Å². The van der Waals surface area contributed by atoms with Crippen molar-refractivity contribution < 1.29 is 14.4 Å². The van der Waals surface area contributed by atoms with E-state index in [2.05, 4.69) is 10.6 Å². The number of carbonyl (C=O) groups is 3. The van der Waals surface area contributed by atoms with Crippen molar-refractivity contribution in [3.63, 3.8) is 0 Å². The second-order valence-electron chi connectivity index (χ2n) is 6.03. The van der Waals surface area contributed by atoms with Crippen LogP contribution in [-0.4, -0.2) is 68.3 Å². The number of anilines is 1. The van der Waals surface area contributed by atoms with E-state index in [-0.39, 0.29) is 37.4 Å². The van der Waals surface area contributed by atoms with Crippen LogP contribution in [0, 0.1) is 13.8 Å². The predicted octanol–water partition coefficient (Wildman–Crippen LogP) is 0.378. The fourth-order valence-corrected chi connectivity index (χ4v) is 1.99. The van der Waals surface area contributed by atoms with Crippen LogP contribution >= 0.6 is 0 Å². The Labute approximate surface area is 143 Å². The Balaban J connectivity index is 2.40. The lowest BCUT2D eigenvalue weighted by Gasteiger charge is -2.18. The summed E-state index contributed by atoms with van der Waals surface area (Å²) in [5.41, 5.74) is 2.83. The normalized spacial score (nSPS) is 10.4. The number of likely N-dealkylation sites (N-methyl/N-ethyl adjacent to an activating group) is 2. The van der Waals surface area contributed by atoms with Crippen molar-refractivity contribution in [3.8, 4) is 0 Å². The number of carbonyl (C=O) groups excluding carboxylic acids is 3. The summed E-state index contributed by atoms with van der Waals surface area (Å²) in [6.07, 6.45) is 0. The molecule has 7 heteroatoms. The van der Waals surface area contributed by atoms with Gasteiger partial charge in [-0.25, -0.2) is 0 Å². The summed E-state index contributed by atoms with van der Waals surface area (Å²) in [5.74, 6) is -0.679. The Morgan fingerprint density at radius 3 is 2.29 bits per heavy atom. The van der Waals surface area contributed by atoms with Crippen molar-refractivity contribution in [3.05, 3.63) is 29.3 Å². The van der Waals surface area contributed by atoms with Gasteiger partial charge in [-0.05, 0) is 38.1 Å². The van der Waals surface area contributed by atoms with Crippen LogP contribution < -0.4 is 10.6 Å². The first kappa shape index (κ1) is 19.6. The Kier molecular flexibility index (Phi) is 7.38. The van der Waals surface area contributed by atoms with E-state index in [9.17, 15) is 14.4 Å². The monoisotopic (exact) mass is 334 g/mol. The number of amides is 3. The van der Waals surface area contributed by atoms with E-state index in [1.807, 2.05) is 32.0 Å². The van der Waals surface area contributed by atoms with E-state index in [1.54, 1.807) is 26.0 Å². The minimum atomic E-state index is -0.305. The molecular weight excluding hydrogens is 308 g/mol. The summed E-state index contributed by atoms with van der Waals surface area (Å²) in [6, 6.07) is 5.66. The molecule has 2 N–H and O–H groups in total. The molecular formula is C17H26N4O3. The molecule has 0 saturated carbocycles. The van der Waals surface area contributed by atoms with Gasteiger partial charge in [0.1, 0.15) is 0 Å². The highest BCUT2D eigenvalue weighted by atomic mass is 16.2. The van der Waals surface area contributed by atoms with E-state index < -0.39 is 0 Å². The number of hydrogen-bond donors (Lipinski definition) is 2. The van der Waals surface area contributed by atoms with Crippen molar-refractivity contribution in [2.75, 3.05) is 46.1 Å². The molecule has 0 spiro atoms. The topological polar surface area (TPSA) is 81.8 Å². The summed E-state index contributed by atoms with van der Waals surface area (Å²) in [6.45, 7) is 3.99. The molecule has 0 bridgehead atoms. The van der Waals surface area contributed by atoms with Crippen LogP contribution in [-0.2, 0) is 14.4 Å². The number of nitrogens with one attached hydrogen (secondary N) is 2. The molecule has 24 heavy (non-hydrogen) atoms. The molecule has 1 rings (SSSR count). The lowest BCUT2D eigenvalue weighted by atomic mass is 10.1. The molecule has 0 radical (unpaired) electrons. The third-order valence-electron chi connectivity index (χ3n) is 3.64. The van der Waals surface area contributed by atoms with Gasteiger partial charge in [-0.3, -0.25) is 19.3 Å². The predicted molar refractivity (Wildman–Crippen MR) is 93.7 cm³/mol. The molecule has 0 aliphatic rings. The quantitative estimate of drug-likeness (QED) is 0.755. The molecule has 1 aromatic rings. The van der Waals surface area contributed by atoms with Crippen LogP contribution in [0.25, 0.3) is 0 Å². The maximum atomic E-state index is 11.9. The van der Waals surface area contributed by atoms with Gasteiger partial charge in [-0.2, -0.15) is 0 Å². The zero-order valence-corrected chi connectivity index (χ0v) is 15.0. The lowest BCUT2D eigenvalue weighted by Crippen LogP contribution is -2.42. The Bertz CT molecular complexity index is 614. The summed E-state index contributed by atoms with van der Waals surface area (Å²) >= 11 is 0. The highest BCUT2D eigenvalue weighted by Crippen LogP contribution is 2.17. The minimum absolute atomic E-state index is 0.0519. The molecule has 0 aromatic heterocycles. The van der Waals surface area contributed by atoms with Crippen molar-refractivity contribution >= 4 is 23.4 Å². The van der Waals surface area contributed by atoms with Gasteiger partial charge < -0.3 is 15.5 Å². The molecule has 7 nitrogen and oxygen atoms in total. The SMILES string of the molecule is Cc1cccc(NC(=O)CNC(=O)CN(C)CC(=O)N(C)C)c1C. The molecule has 0 unspecified atom stereocenters. The number of hydrogen-bond acceptors (Lipinski definition) is 4. The Hall–Kier alpha value is -2.41. The summed E-state index contributed by atoms with van der Waals surface area (Å²) in [7, 11) is 5.00. The highest BCUT2D eigenvalue weighted by Gasteiger charge is 2.13. The van der Waals surface area contributed by atoms with E-state index >= 15 is 0 Å². The third-order valence-corrected chi connectivity index (χ3v) is 3.64. The molecule has 3 amide bonds. The summed E-state index contributed by atoms with van der Waals surface area (Å²) < 4.78 is 0. The van der Waals surface area contributed by atoms with Crippen LogP contribution in [0.2, 0.25) is 0 Å². The number of nitrogens with zero attached hydrogens (tertiary/aromatic N) is 2. The molecule has 0 saturated heterocycles. The zero-order chi connectivity index (χ0) is 18.3. The first-order chi connectivity index (χ1) is 11.2. The van der Waals surface area contributed by atoms with Gasteiger partial charge in [-0.15, -0.1) is 0 Å². The van der Waals surface area contributed by atoms with Crippen molar-refractivity contribution in [2.45, 2.75) is 13.8 Å². The van der Waals surface area contributed by atoms with Gasteiger partial charge in [0, 0.05) is 19.8 Å². The maximum absolute atomic E-state index is 11.9. The zero-order valence-electron chi connectivity index (χ0n) is 15.0. The van der Waals surface area contributed by atoms with Gasteiger partial charge in [0.25, 0.3) is 0 Å². The second-order valence-corrected chi connectivity index (χ2v) is 6.03. The van der Waals surface area contributed by atoms with E-state index in [0.717, 1.165) is 16.8 Å². The van der Waals surface area contributed by atoms with Gasteiger partial charge in [0.15, 0.2) is 0 Å². The van der Waals surface area contributed by atoms with Gasteiger partial charge >= 0.3 is 0 Å². The van der Waals surface area contributed by atoms with Crippen LogP contribution in [0.1, 0.15) is 11.1 Å². The van der Waals surface area contributed by atoms with Crippen molar-refractivity contribution in [1.82, 2.24) is 15.1 Å². The first-order valence-corrected chi connectivity index (χ1v) is 7.72. The Morgan fingerprint density at radius 1 is 1.00 bits per heavy atom. The maximum Gasteiger partial charge on any atom is 0.243 e. The van der Waals surface area contributed by atoms with E-state index in [4.69, 9.17) is 0 Å². The summed E-state index contributed by atoms with van der Waals surface area (Å²) in [4.78, 5) is 38.4. The molecule has 132 valence electrons. The number of benzene rings is 1. The average Bonchev–Trinajstić information content (AvgIpc) is 2.49. The van der Waals surface area contributed by atoms with Crippen molar-refractivity contribution in [1.29, 1.82) is 0 Å². The van der Waals surface area contributed by atoms with Gasteiger partial charge in [0.05, 0.1) is 19.6 Å². The molecule has 0 aliphatic carbocycles. The molecule has 0 heterocycles. The fraction of sp³-hybridized carbons (Fsp3) is 0.471. The van der Waals surface area contributed by atoms with Crippen LogP contribution in [0.15, 0.2) is 18.2 Å². The lowest BCUT2D eigenvalue weighted by molar-refractivity contribution is -0.130.